The van der Waals surface area contributed by atoms with E-state index in [-0.39, 0.29) is 17.6 Å². The van der Waals surface area contributed by atoms with E-state index in [0.29, 0.717) is 0 Å². The number of amides is 1. The number of hydrogen-bond acceptors (Lipinski definition) is 2. The fraction of sp³-hybridized carbons (Fsp3) is 0.429. The molecular formula is C14H17FN2O. The third-order valence-corrected chi connectivity index (χ3v) is 2.91. The Balaban J connectivity index is 2.08. The van der Waals surface area contributed by atoms with Crippen molar-refractivity contribution in [1.82, 2.24) is 5.43 Å². The summed E-state index contributed by atoms with van der Waals surface area (Å²) in [6.07, 6.45) is 3.61. The van der Waals surface area contributed by atoms with Gasteiger partial charge in [0.25, 0.3) is 0 Å². The van der Waals surface area contributed by atoms with Gasteiger partial charge in [0, 0.05) is 5.92 Å². The highest BCUT2D eigenvalue weighted by Crippen LogP contribution is 2.28. The Morgan fingerprint density at radius 3 is 2.61 bits per heavy atom. The lowest BCUT2D eigenvalue weighted by Crippen LogP contribution is -2.21. The lowest BCUT2D eigenvalue weighted by Gasteiger charge is -2.06. The molecule has 1 saturated carbocycles. The van der Waals surface area contributed by atoms with Crippen LogP contribution in [0.15, 0.2) is 29.4 Å². The molecule has 0 spiro atoms. The average Bonchev–Trinajstić information content (AvgIpc) is 3.19. The second-order valence-corrected chi connectivity index (χ2v) is 4.57. The third-order valence-electron chi connectivity index (χ3n) is 2.91. The maximum Gasteiger partial charge on any atom is 0.243 e. The molecule has 1 amide bonds. The van der Waals surface area contributed by atoms with Crippen LogP contribution in [0.25, 0.3) is 0 Å². The molecule has 4 heteroatoms. The number of carbonyl (C=O) groups excluding carboxylic acids is 1. The average molecular weight is 248 g/mol. The first-order chi connectivity index (χ1) is 8.70. The summed E-state index contributed by atoms with van der Waals surface area (Å²) in [7, 11) is 0. The number of nitrogens with one attached hydrogen (secondary N) is 1. The van der Waals surface area contributed by atoms with Gasteiger partial charge in [0.05, 0.1) is 5.71 Å². The Morgan fingerprint density at radius 2 is 2.06 bits per heavy atom. The molecule has 1 N–H and O–H groups in total. The van der Waals surface area contributed by atoms with Crippen LogP contribution in [0.3, 0.4) is 0 Å². The lowest BCUT2D eigenvalue weighted by atomic mass is 10.1. The largest absolute Gasteiger partial charge is 0.273 e. The maximum absolute atomic E-state index is 12.9. The Hall–Kier alpha value is -1.71. The molecule has 0 atom stereocenters. The summed E-state index contributed by atoms with van der Waals surface area (Å²) < 4.78 is 12.9. The van der Waals surface area contributed by atoms with Crippen molar-refractivity contribution in [3.8, 4) is 0 Å². The molecule has 0 aliphatic heterocycles. The van der Waals surface area contributed by atoms with Gasteiger partial charge in [-0.05, 0) is 37.0 Å². The van der Waals surface area contributed by atoms with E-state index in [2.05, 4.69) is 10.5 Å². The molecule has 1 aromatic carbocycles. The summed E-state index contributed by atoms with van der Waals surface area (Å²) in [5.41, 5.74) is 4.25. The van der Waals surface area contributed by atoms with Gasteiger partial charge < -0.3 is 0 Å². The van der Waals surface area contributed by atoms with E-state index in [1.807, 2.05) is 6.92 Å². The highest BCUT2D eigenvalue weighted by atomic mass is 19.1. The summed E-state index contributed by atoms with van der Waals surface area (Å²) in [5.74, 6) is -0.132. The van der Waals surface area contributed by atoms with E-state index >= 15 is 0 Å². The van der Waals surface area contributed by atoms with Crippen molar-refractivity contribution in [1.29, 1.82) is 0 Å². The molecule has 1 fully saturated rings. The van der Waals surface area contributed by atoms with E-state index in [1.54, 1.807) is 12.1 Å². The predicted octanol–water partition coefficient (Wildman–Crippen LogP) is 2.86. The van der Waals surface area contributed by atoms with Crippen LogP contribution in [-0.4, -0.2) is 11.6 Å². The van der Waals surface area contributed by atoms with Gasteiger partial charge in [-0.3, -0.25) is 4.79 Å². The molecule has 96 valence electrons. The van der Waals surface area contributed by atoms with Crippen LogP contribution in [0.4, 0.5) is 4.39 Å². The second-order valence-electron chi connectivity index (χ2n) is 4.57. The normalized spacial score (nSPS) is 15.6. The molecule has 0 radical (unpaired) electrons. The zero-order valence-electron chi connectivity index (χ0n) is 10.4. The van der Waals surface area contributed by atoms with Crippen LogP contribution in [0, 0.1) is 11.7 Å². The van der Waals surface area contributed by atoms with E-state index in [1.165, 1.54) is 12.1 Å². The Kier molecular flexibility index (Phi) is 4.07. The summed E-state index contributed by atoms with van der Waals surface area (Å²) in [6.45, 7) is 2.04. The monoisotopic (exact) mass is 248 g/mol. The van der Waals surface area contributed by atoms with Crippen LogP contribution >= 0.6 is 0 Å². The first-order valence-electron chi connectivity index (χ1n) is 6.33. The molecular weight excluding hydrogens is 231 g/mol. The minimum absolute atomic E-state index is 0.00860. The Labute approximate surface area is 106 Å². The topological polar surface area (TPSA) is 41.5 Å². The second kappa shape index (κ2) is 5.76. The van der Waals surface area contributed by atoms with Crippen molar-refractivity contribution in [2.75, 3.05) is 0 Å². The molecule has 2 rings (SSSR count). The fourth-order valence-electron chi connectivity index (χ4n) is 1.70. The Morgan fingerprint density at radius 1 is 1.39 bits per heavy atom. The minimum Gasteiger partial charge on any atom is -0.273 e. The standard InChI is InChI=1S/C14H17FN2O/c1-2-3-13(10-6-8-12(15)9-7-10)16-17-14(18)11-4-5-11/h6-9,11H,2-5H2,1H3,(H,17,18)/b16-13+. The molecule has 3 nitrogen and oxygen atoms in total. The molecule has 0 unspecified atom stereocenters. The number of hydrogen-bond donors (Lipinski definition) is 1. The molecule has 1 aliphatic rings. The van der Waals surface area contributed by atoms with Crippen LogP contribution < -0.4 is 5.43 Å². The molecule has 1 aliphatic carbocycles. The van der Waals surface area contributed by atoms with Crippen molar-refractivity contribution < 1.29 is 9.18 Å². The van der Waals surface area contributed by atoms with Crippen molar-refractivity contribution in [3.05, 3.63) is 35.6 Å². The summed E-state index contributed by atoms with van der Waals surface area (Å²) in [5, 5.41) is 4.17. The SMILES string of the molecule is CCC/C(=N\NC(=O)C1CC1)c1ccc(F)cc1. The van der Waals surface area contributed by atoms with Crippen molar-refractivity contribution in [2.24, 2.45) is 11.0 Å². The molecule has 0 heterocycles. The maximum atomic E-state index is 12.9. The minimum atomic E-state index is -0.267. The van der Waals surface area contributed by atoms with Gasteiger partial charge in [0.1, 0.15) is 5.82 Å². The van der Waals surface area contributed by atoms with E-state index in [0.717, 1.165) is 37.0 Å². The van der Waals surface area contributed by atoms with Crippen molar-refractivity contribution in [3.63, 3.8) is 0 Å². The predicted molar refractivity (Wildman–Crippen MR) is 68.7 cm³/mol. The van der Waals surface area contributed by atoms with Gasteiger partial charge in [-0.15, -0.1) is 0 Å². The lowest BCUT2D eigenvalue weighted by molar-refractivity contribution is -0.122. The highest BCUT2D eigenvalue weighted by Gasteiger charge is 2.29. The van der Waals surface area contributed by atoms with Crippen LogP contribution in [0.5, 0.6) is 0 Å². The highest BCUT2D eigenvalue weighted by molar-refractivity contribution is 6.01. The first kappa shape index (κ1) is 12.7. The zero-order valence-corrected chi connectivity index (χ0v) is 10.4. The van der Waals surface area contributed by atoms with E-state index < -0.39 is 0 Å². The third kappa shape index (κ3) is 3.39. The molecule has 1 aromatic rings. The smallest absolute Gasteiger partial charge is 0.243 e. The fourth-order valence-corrected chi connectivity index (χ4v) is 1.70. The number of benzene rings is 1. The summed E-state index contributed by atoms with van der Waals surface area (Å²) >= 11 is 0. The van der Waals surface area contributed by atoms with Crippen molar-refractivity contribution >= 4 is 11.6 Å². The van der Waals surface area contributed by atoms with Crippen LogP contribution in [0.2, 0.25) is 0 Å². The summed E-state index contributed by atoms with van der Waals surface area (Å²) in [4.78, 5) is 11.5. The van der Waals surface area contributed by atoms with Crippen LogP contribution in [-0.2, 0) is 4.79 Å². The van der Waals surface area contributed by atoms with Crippen molar-refractivity contribution in [2.45, 2.75) is 32.6 Å². The number of rotatable bonds is 5. The number of carbonyl (C=O) groups is 1. The molecule has 0 bridgehead atoms. The number of halogens is 1. The Bertz CT molecular complexity index is 449. The number of hydrazone groups is 1. The van der Waals surface area contributed by atoms with Gasteiger partial charge in [0.2, 0.25) is 5.91 Å². The first-order valence-corrected chi connectivity index (χ1v) is 6.33. The van der Waals surface area contributed by atoms with Crippen LogP contribution in [0.1, 0.15) is 38.2 Å². The summed E-state index contributed by atoms with van der Waals surface area (Å²) in [6, 6.07) is 6.19. The van der Waals surface area contributed by atoms with Gasteiger partial charge in [-0.1, -0.05) is 25.5 Å². The molecule has 0 aromatic heterocycles. The van der Waals surface area contributed by atoms with Gasteiger partial charge in [-0.25, -0.2) is 9.82 Å². The molecule has 18 heavy (non-hydrogen) atoms. The van der Waals surface area contributed by atoms with Gasteiger partial charge >= 0.3 is 0 Å². The molecule has 0 saturated heterocycles. The quantitative estimate of drug-likeness (QED) is 0.631. The zero-order chi connectivity index (χ0) is 13.0. The van der Waals surface area contributed by atoms with E-state index in [9.17, 15) is 9.18 Å². The number of nitrogens with zero attached hydrogens (tertiary/aromatic N) is 1. The van der Waals surface area contributed by atoms with Gasteiger partial charge in [0.15, 0.2) is 0 Å². The van der Waals surface area contributed by atoms with Gasteiger partial charge in [-0.2, -0.15) is 5.10 Å². The van der Waals surface area contributed by atoms with E-state index in [4.69, 9.17) is 0 Å².